The number of aromatic nitrogens is 3. The quantitative estimate of drug-likeness (QED) is 0.538. The summed E-state index contributed by atoms with van der Waals surface area (Å²) in [5, 5.41) is 4.76. The average molecular weight is 311 g/mol. The van der Waals surface area contributed by atoms with Gasteiger partial charge in [-0.15, -0.1) is 5.10 Å². The summed E-state index contributed by atoms with van der Waals surface area (Å²) in [6.07, 6.45) is 0. The summed E-state index contributed by atoms with van der Waals surface area (Å²) < 4.78 is 1.91. The molecule has 0 saturated heterocycles. The molecule has 0 aliphatic rings. The van der Waals surface area contributed by atoms with Crippen molar-refractivity contribution >= 4 is 0 Å². The van der Waals surface area contributed by atoms with Gasteiger partial charge in [0.1, 0.15) is 0 Å². The van der Waals surface area contributed by atoms with Crippen LogP contribution in [0.25, 0.3) is 28.5 Å². The van der Waals surface area contributed by atoms with Crippen LogP contribution in [0.1, 0.15) is 5.56 Å². The van der Waals surface area contributed by atoms with Gasteiger partial charge in [0.15, 0.2) is 11.6 Å². The molecule has 116 valence electrons. The van der Waals surface area contributed by atoms with Crippen LogP contribution in [0.2, 0.25) is 0 Å². The van der Waals surface area contributed by atoms with Crippen molar-refractivity contribution in [3.8, 4) is 28.5 Å². The topological polar surface area (TPSA) is 30.7 Å². The van der Waals surface area contributed by atoms with E-state index in [4.69, 9.17) is 10.1 Å². The fourth-order valence-electron chi connectivity index (χ4n) is 2.66. The van der Waals surface area contributed by atoms with Crippen LogP contribution in [0, 0.1) is 6.92 Å². The molecule has 0 fully saturated rings. The Morgan fingerprint density at radius 1 is 0.667 bits per heavy atom. The largest absolute Gasteiger partial charge is 0.213 e. The minimum atomic E-state index is 0.732. The van der Waals surface area contributed by atoms with Crippen LogP contribution in [0.3, 0.4) is 0 Å². The van der Waals surface area contributed by atoms with Gasteiger partial charge in [0.05, 0.1) is 5.69 Å². The average Bonchev–Trinajstić information content (AvgIpc) is 3.09. The molecule has 0 atom stereocenters. The highest BCUT2D eigenvalue weighted by Gasteiger charge is 2.14. The SMILES string of the molecule is Cc1ccc(-c2nc(-c3ccccc3)nn2-c2ccccc2)cc1. The zero-order chi connectivity index (χ0) is 16.4. The van der Waals surface area contributed by atoms with Gasteiger partial charge in [-0.05, 0) is 19.1 Å². The summed E-state index contributed by atoms with van der Waals surface area (Å²) in [4.78, 5) is 4.81. The molecule has 0 aliphatic carbocycles. The Kier molecular flexibility index (Phi) is 3.67. The van der Waals surface area contributed by atoms with Crippen molar-refractivity contribution in [2.24, 2.45) is 0 Å². The molecule has 1 heterocycles. The van der Waals surface area contributed by atoms with E-state index in [0.29, 0.717) is 0 Å². The van der Waals surface area contributed by atoms with Crippen molar-refractivity contribution in [3.63, 3.8) is 0 Å². The van der Waals surface area contributed by atoms with Gasteiger partial charge < -0.3 is 0 Å². The summed E-state index contributed by atoms with van der Waals surface area (Å²) in [6.45, 7) is 2.08. The highest BCUT2D eigenvalue weighted by Crippen LogP contribution is 2.25. The smallest absolute Gasteiger partial charge is 0.182 e. The molecule has 24 heavy (non-hydrogen) atoms. The Balaban J connectivity index is 1.90. The van der Waals surface area contributed by atoms with E-state index >= 15 is 0 Å². The van der Waals surface area contributed by atoms with E-state index in [-0.39, 0.29) is 0 Å². The summed E-state index contributed by atoms with van der Waals surface area (Å²) >= 11 is 0. The minimum Gasteiger partial charge on any atom is -0.213 e. The molecule has 4 rings (SSSR count). The fraction of sp³-hybridized carbons (Fsp3) is 0.0476. The molecular weight excluding hydrogens is 294 g/mol. The number of rotatable bonds is 3. The van der Waals surface area contributed by atoms with Gasteiger partial charge in [-0.2, -0.15) is 0 Å². The van der Waals surface area contributed by atoms with E-state index in [1.54, 1.807) is 0 Å². The highest BCUT2D eigenvalue weighted by atomic mass is 15.4. The fourth-order valence-corrected chi connectivity index (χ4v) is 2.66. The molecule has 0 amide bonds. The third-order valence-electron chi connectivity index (χ3n) is 3.95. The van der Waals surface area contributed by atoms with E-state index in [0.717, 1.165) is 28.5 Å². The maximum Gasteiger partial charge on any atom is 0.182 e. The van der Waals surface area contributed by atoms with Gasteiger partial charge in [0.25, 0.3) is 0 Å². The van der Waals surface area contributed by atoms with Crippen molar-refractivity contribution in [1.29, 1.82) is 0 Å². The molecule has 3 heteroatoms. The summed E-state index contributed by atoms with van der Waals surface area (Å²) in [7, 11) is 0. The monoisotopic (exact) mass is 311 g/mol. The van der Waals surface area contributed by atoms with Crippen LogP contribution in [0.5, 0.6) is 0 Å². The standard InChI is InChI=1S/C21H17N3/c1-16-12-14-18(15-13-16)21-22-20(17-8-4-2-5-9-17)23-24(21)19-10-6-3-7-11-19/h2-15H,1H3. The Morgan fingerprint density at radius 2 is 1.29 bits per heavy atom. The predicted octanol–water partition coefficient (Wildman–Crippen LogP) is 4.91. The Labute approximate surface area is 141 Å². The number of benzene rings is 3. The van der Waals surface area contributed by atoms with E-state index in [1.165, 1.54) is 5.56 Å². The third-order valence-corrected chi connectivity index (χ3v) is 3.95. The molecule has 0 radical (unpaired) electrons. The number of aryl methyl sites for hydroxylation is 1. The van der Waals surface area contributed by atoms with Crippen LogP contribution < -0.4 is 0 Å². The van der Waals surface area contributed by atoms with Crippen LogP contribution in [-0.4, -0.2) is 14.8 Å². The molecule has 0 bridgehead atoms. The number of hydrogen-bond acceptors (Lipinski definition) is 2. The molecular formula is C21H17N3. The summed E-state index contributed by atoms with van der Waals surface area (Å²) in [5.74, 6) is 1.58. The van der Waals surface area contributed by atoms with Gasteiger partial charge >= 0.3 is 0 Å². The van der Waals surface area contributed by atoms with Crippen LogP contribution in [0.15, 0.2) is 84.9 Å². The molecule has 0 spiro atoms. The lowest BCUT2D eigenvalue weighted by Crippen LogP contribution is -1.99. The summed E-state index contributed by atoms with van der Waals surface area (Å²) in [5.41, 5.74) is 4.30. The number of hydrogen-bond donors (Lipinski definition) is 0. The van der Waals surface area contributed by atoms with Gasteiger partial charge in [0.2, 0.25) is 0 Å². The second-order valence-corrected chi connectivity index (χ2v) is 5.74. The van der Waals surface area contributed by atoms with Crippen molar-refractivity contribution in [3.05, 3.63) is 90.5 Å². The predicted molar refractivity (Wildman–Crippen MR) is 97.0 cm³/mol. The first kappa shape index (κ1) is 14.4. The Bertz CT molecular complexity index is 940. The van der Waals surface area contributed by atoms with E-state index in [9.17, 15) is 0 Å². The molecule has 3 aromatic carbocycles. The number of para-hydroxylation sites is 1. The molecule has 0 N–H and O–H groups in total. The second-order valence-electron chi connectivity index (χ2n) is 5.74. The molecule has 4 aromatic rings. The zero-order valence-corrected chi connectivity index (χ0v) is 13.4. The highest BCUT2D eigenvalue weighted by molar-refractivity contribution is 5.64. The van der Waals surface area contributed by atoms with E-state index in [2.05, 4.69) is 31.2 Å². The van der Waals surface area contributed by atoms with Gasteiger partial charge in [-0.25, -0.2) is 9.67 Å². The summed E-state index contributed by atoms with van der Waals surface area (Å²) in [6, 6.07) is 28.6. The third kappa shape index (κ3) is 2.72. The molecule has 0 unspecified atom stereocenters. The second kappa shape index (κ2) is 6.13. The van der Waals surface area contributed by atoms with Gasteiger partial charge in [-0.1, -0.05) is 78.4 Å². The van der Waals surface area contributed by atoms with E-state index in [1.807, 2.05) is 65.3 Å². The lowest BCUT2D eigenvalue weighted by atomic mass is 10.1. The normalized spacial score (nSPS) is 10.7. The van der Waals surface area contributed by atoms with Crippen LogP contribution in [-0.2, 0) is 0 Å². The number of nitrogens with zero attached hydrogens (tertiary/aromatic N) is 3. The van der Waals surface area contributed by atoms with Gasteiger partial charge in [0, 0.05) is 11.1 Å². The van der Waals surface area contributed by atoms with Crippen molar-refractivity contribution in [2.75, 3.05) is 0 Å². The van der Waals surface area contributed by atoms with E-state index < -0.39 is 0 Å². The Hall–Kier alpha value is -3.20. The van der Waals surface area contributed by atoms with Crippen LogP contribution >= 0.6 is 0 Å². The molecule has 3 nitrogen and oxygen atoms in total. The zero-order valence-electron chi connectivity index (χ0n) is 13.4. The Morgan fingerprint density at radius 3 is 1.96 bits per heavy atom. The first-order valence-corrected chi connectivity index (χ1v) is 7.96. The molecule has 0 aliphatic heterocycles. The van der Waals surface area contributed by atoms with Crippen LogP contribution in [0.4, 0.5) is 0 Å². The maximum absolute atomic E-state index is 4.81. The first-order valence-electron chi connectivity index (χ1n) is 7.96. The molecule has 0 saturated carbocycles. The molecule has 1 aromatic heterocycles. The lowest BCUT2D eigenvalue weighted by Gasteiger charge is -2.05. The minimum absolute atomic E-state index is 0.732. The van der Waals surface area contributed by atoms with Gasteiger partial charge in [-0.3, -0.25) is 0 Å². The maximum atomic E-state index is 4.81. The van der Waals surface area contributed by atoms with Crippen molar-refractivity contribution in [1.82, 2.24) is 14.8 Å². The lowest BCUT2D eigenvalue weighted by molar-refractivity contribution is 0.890. The van der Waals surface area contributed by atoms with Crippen molar-refractivity contribution in [2.45, 2.75) is 6.92 Å². The van der Waals surface area contributed by atoms with Crippen molar-refractivity contribution < 1.29 is 0 Å². The first-order chi connectivity index (χ1) is 11.8.